The van der Waals surface area contributed by atoms with Gasteiger partial charge in [-0.3, -0.25) is 0 Å². The predicted octanol–water partition coefficient (Wildman–Crippen LogP) is 1.41. The third-order valence-corrected chi connectivity index (χ3v) is 1.64. The highest BCUT2D eigenvalue weighted by Crippen LogP contribution is 2.16. The molecule has 0 heterocycles. The van der Waals surface area contributed by atoms with E-state index in [0.29, 0.717) is 0 Å². The van der Waals surface area contributed by atoms with Gasteiger partial charge < -0.3 is 9.68 Å². The molecule has 104 valence electrons. The number of hydrogen-bond acceptors (Lipinski definition) is 8. The van der Waals surface area contributed by atoms with Crippen LogP contribution in [0.2, 0.25) is 0 Å². The van der Waals surface area contributed by atoms with E-state index in [1.165, 1.54) is 0 Å². The molecular weight excluding hydrogens is 248 g/mol. The van der Waals surface area contributed by atoms with Crippen LogP contribution in [-0.4, -0.2) is 34.5 Å². The van der Waals surface area contributed by atoms with Gasteiger partial charge in [-0.05, 0) is 27.7 Å². The summed E-state index contributed by atoms with van der Waals surface area (Å²) >= 11 is 0. The van der Waals surface area contributed by atoms with Crippen molar-refractivity contribution in [2.24, 2.45) is 10.2 Å². The highest BCUT2D eigenvalue weighted by molar-refractivity contribution is 4.79. The lowest BCUT2D eigenvalue weighted by atomic mass is 10.1. The molecule has 0 N–H and O–H groups in total. The first-order valence-corrected chi connectivity index (χ1v) is 5.03. The molecule has 0 aliphatic carbocycles. The Hall–Kier alpha value is -2.00. The van der Waals surface area contributed by atoms with Crippen molar-refractivity contribution in [3.05, 3.63) is 20.2 Å². The van der Waals surface area contributed by atoms with Crippen LogP contribution in [0, 0.1) is 20.2 Å². The molecule has 0 fully saturated rings. The van der Waals surface area contributed by atoms with E-state index in [0.717, 1.165) is 0 Å². The first kappa shape index (κ1) is 16.0. The molecule has 0 radical (unpaired) electrons. The van der Waals surface area contributed by atoms with Crippen LogP contribution >= 0.6 is 0 Å². The fraction of sp³-hybridized carbons (Fsp3) is 1.00. The molecule has 0 unspecified atom stereocenters. The Kier molecular flexibility index (Phi) is 5.40. The van der Waals surface area contributed by atoms with Crippen LogP contribution in [-0.2, 0) is 9.68 Å². The van der Waals surface area contributed by atoms with E-state index in [4.69, 9.17) is 0 Å². The Bertz CT molecular complexity index is 308. The van der Waals surface area contributed by atoms with Gasteiger partial charge in [0.05, 0.1) is 11.1 Å². The first-order valence-electron chi connectivity index (χ1n) is 5.03. The highest BCUT2D eigenvalue weighted by atomic mass is 17.0. The van der Waals surface area contributed by atoms with Gasteiger partial charge in [-0.1, -0.05) is 0 Å². The molecule has 0 aliphatic rings. The second kappa shape index (κ2) is 6.07. The topological polar surface area (TPSA) is 129 Å². The average Bonchev–Trinajstić information content (AvgIpc) is 2.22. The molecule has 0 amide bonds. The maximum absolute atomic E-state index is 10.0. The van der Waals surface area contributed by atoms with Gasteiger partial charge >= 0.3 is 0 Å². The number of nitrogens with zero attached hydrogens (tertiary/aromatic N) is 4. The fourth-order valence-electron chi connectivity index (χ4n) is 0.750. The summed E-state index contributed by atoms with van der Waals surface area (Å²) in [5.41, 5.74) is -1.81. The minimum absolute atomic E-state index is 0.254. The molecule has 10 heteroatoms. The lowest BCUT2D eigenvalue weighted by Crippen LogP contribution is -2.30. The molecule has 0 aliphatic heterocycles. The van der Waals surface area contributed by atoms with E-state index in [1.54, 1.807) is 27.7 Å². The lowest BCUT2D eigenvalue weighted by molar-refractivity contribution is -0.759. The summed E-state index contributed by atoms with van der Waals surface area (Å²) in [6.45, 7) is 5.84. The van der Waals surface area contributed by atoms with E-state index in [-0.39, 0.29) is 13.2 Å². The van der Waals surface area contributed by atoms with E-state index < -0.39 is 21.3 Å². The zero-order chi connectivity index (χ0) is 14.4. The van der Waals surface area contributed by atoms with Crippen molar-refractivity contribution < 1.29 is 19.8 Å². The van der Waals surface area contributed by atoms with Crippen LogP contribution < -0.4 is 0 Å². The van der Waals surface area contributed by atoms with Gasteiger partial charge in [0, 0.05) is 0 Å². The van der Waals surface area contributed by atoms with Crippen LogP contribution in [0.4, 0.5) is 0 Å². The molecule has 10 nitrogen and oxygen atoms in total. The van der Waals surface area contributed by atoms with E-state index in [9.17, 15) is 20.2 Å². The number of hydrogen-bond donors (Lipinski definition) is 0. The summed E-state index contributed by atoms with van der Waals surface area (Å²) in [5, 5.41) is 26.0. The summed E-state index contributed by atoms with van der Waals surface area (Å²) < 4.78 is 0. The Labute approximate surface area is 103 Å². The smallest absolute Gasteiger partial charge is 0.294 e. The number of azo groups is 1. The van der Waals surface area contributed by atoms with Crippen molar-refractivity contribution >= 4 is 0 Å². The summed E-state index contributed by atoms with van der Waals surface area (Å²) in [6, 6.07) is 0. The molecule has 18 heavy (non-hydrogen) atoms. The van der Waals surface area contributed by atoms with E-state index in [2.05, 4.69) is 19.9 Å². The monoisotopic (exact) mass is 264 g/mol. The van der Waals surface area contributed by atoms with Crippen molar-refractivity contribution in [3.63, 3.8) is 0 Å². The van der Waals surface area contributed by atoms with Crippen LogP contribution in [0.5, 0.6) is 0 Å². The molecule has 0 saturated carbocycles. The van der Waals surface area contributed by atoms with E-state index >= 15 is 0 Å². The summed E-state index contributed by atoms with van der Waals surface area (Å²) in [5.74, 6) is 0. The van der Waals surface area contributed by atoms with Crippen LogP contribution in [0.3, 0.4) is 0 Å². The summed E-state index contributed by atoms with van der Waals surface area (Å²) in [6.07, 6.45) is 0. The lowest BCUT2D eigenvalue weighted by Gasteiger charge is -2.21. The minimum atomic E-state index is -0.918. The summed E-state index contributed by atoms with van der Waals surface area (Å²) in [4.78, 5) is 28.5. The zero-order valence-electron chi connectivity index (χ0n) is 10.7. The van der Waals surface area contributed by atoms with Crippen molar-refractivity contribution in [2.75, 3.05) is 13.2 Å². The third kappa shape index (κ3) is 8.19. The van der Waals surface area contributed by atoms with Crippen molar-refractivity contribution in [1.29, 1.82) is 0 Å². The summed E-state index contributed by atoms with van der Waals surface area (Å²) in [7, 11) is 0. The third-order valence-electron chi connectivity index (χ3n) is 1.64. The Morgan fingerprint density at radius 3 is 1.39 bits per heavy atom. The van der Waals surface area contributed by atoms with Crippen molar-refractivity contribution in [3.8, 4) is 0 Å². The standard InChI is InChI=1S/C8H16N4O6/c1-7(2,5-17-11(13)14)9-10-8(3,4)6-18-12(15)16/h5-6H2,1-4H3. The fourth-order valence-corrected chi connectivity index (χ4v) is 0.750. The highest BCUT2D eigenvalue weighted by Gasteiger charge is 2.23. The van der Waals surface area contributed by atoms with Crippen LogP contribution in [0.15, 0.2) is 10.2 Å². The van der Waals surface area contributed by atoms with Crippen molar-refractivity contribution in [1.82, 2.24) is 0 Å². The van der Waals surface area contributed by atoms with Gasteiger partial charge in [0.2, 0.25) is 0 Å². The van der Waals surface area contributed by atoms with E-state index in [1.807, 2.05) is 0 Å². The predicted molar refractivity (Wildman–Crippen MR) is 58.9 cm³/mol. The minimum Gasteiger partial charge on any atom is -0.311 e. The molecule has 0 aromatic carbocycles. The molecule has 0 saturated heterocycles. The van der Waals surface area contributed by atoms with Gasteiger partial charge in [0.1, 0.15) is 13.2 Å². The average molecular weight is 264 g/mol. The second-order valence-electron chi connectivity index (χ2n) is 4.82. The SMILES string of the molecule is CC(C)(CO[N+](=O)[O-])N=NC(C)(C)CO[N+](=O)[O-]. The number of rotatable bonds is 8. The van der Waals surface area contributed by atoms with Crippen LogP contribution in [0.25, 0.3) is 0 Å². The van der Waals surface area contributed by atoms with Crippen molar-refractivity contribution in [2.45, 2.75) is 38.8 Å². The molecule has 0 atom stereocenters. The maximum atomic E-state index is 10.0. The van der Waals surface area contributed by atoms with Gasteiger partial charge in [0.25, 0.3) is 10.2 Å². The van der Waals surface area contributed by atoms with Gasteiger partial charge in [-0.15, -0.1) is 20.2 Å². The molecule has 0 spiro atoms. The molecule has 0 aromatic heterocycles. The quantitative estimate of drug-likeness (QED) is 0.370. The van der Waals surface area contributed by atoms with Gasteiger partial charge in [-0.2, -0.15) is 10.2 Å². The molecule has 0 bridgehead atoms. The molecule has 0 aromatic rings. The molecule has 0 rings (SSSR count). The maximum Gasteiger partial charge on any atom is 0.294 e. The normalized spacial score (nSPS) is 12.4. The Morgan fingerprint density at radius 2 is 1.17 bits per heavy atom. The second-order valence-corrected chi connectivity index (χ2v) is 4.82. The molecular formula is C8H16N4O6. The van der Waals surface area contributed by atoms with Crippen LogP contribution in [0.1, 0.15) is 27.7 Å². The first-order chi connectivity index (χ1) is 8.04. The van der Waals surface area contributed by atoms with Gasteiger partial charge in [-0.25, -0.2) is 0 Å². The largest absolute Gasteiger partial charge is 0.311 e. The Morgan fingerprint density at radius 1 is 0.889 bits per heavy atom. The Balaban J connectivity index is 4.40. The van der Waals surface area contributed by atoms with Gasteiger partial charge in [0.15, 0.2) is 0 Å². The zero-order valence-corrected chi connectivity index (χ0v) is 10.7.